The summed E-state index contributed by atoms with van der Waals surface area (Å²) < 4.78 is 10.8. The Labute approximate surface area is 145 Å². The van der Waals surface area contributed by atoms with Gasteiger partial charge >= 0.3 is 0 Å². The summed E-state index contributed by atoms with van der Waals surface area (Å²) in [4.78, 5) is 22.6. The molecule has 0 heterocycles. The summed E-state index contributed by atoms with van der Waals surface area (Å²) in [5.74, 6) is 0.209. The summed E-state index contributed by atoms with van der Waals surface area (Å²) in [6.45, 7) is 12.0. The van der Waals surface area contributed by atoms with Crippen LogP contribution in [0.15, 0.2) is 0 Å². The predicted molar refractivity (Wildman–Crippen MR) is 95.7 cm³/mol. The molecule has 0 radical (unpaired) electrons. The Hall–Kier alpha value is -0.430. The Morgan fingerprint density at radius 3 is 2.39 bits per heavy atom. The van der Waals surface area contributed by atoms with E-state index in [9.17, 15) is 9.59 Å². The van der Waals surface area contributed by atoms with Gasteiger partial charge in [-0.25, -0.2) is 0 Å². The largest absolute Gasteiger partial charge is 0.378 e. The van der Waals surface area contributed by atoms with Crippen molar-refractivity contribution in [3.05, 3.63) is 0 Å². The second-order valence-corrected chi connectivity index (χ2v) is 7.62. The van der Waals surface area contributed by atoms with Gasteiger partial charge in [0.1, 0.15) is 6.61 Å². The lowest BCUT2D eigenvalue weighted by Gasteiger charge is -2.28. The van der Waals surface area contributed by atoms with E-state index < -0.39 is 0 Å². The molecule has 0 spiro atoms. The van der Waals surface area contributed by atoms with Crippen molar-refractivity contribution in [3.8, 4) is 0 Å². The molecule has 6 heteroatoms. The van der Waals surface area contributed by atoms with Gasteiger partial charge in [0.2, 0.25) is 0 Å². The van der Waals surface area contributed by atoms with E-state index in [-0.39, 0.29) is 28.3 Å². The van der Waals surface area contributed by atoms with Crippen LogP contribution in [-0.2, 0) is 19.1 Å². The maximum Gasteiger partial charge on any atom is 0.187 e. The Morgan fingerprint density at radius 2 is 1.83 bits per heavy atom. The minimum atomic E-state index is -0.233. The molecule has 0 saturated heterocycles. The van der Waals surface area contributed by atoms with Crippen LogP contribution in [0.1, 0.15) is 53.9 Å². The molecule has 23 heavy (non-hydrogen) atoms. The zero-order valence-electron chi connectivity index (χ0n) is 15.3. The van der Waals surface area contributed by atoms with Gasteiger partial charge in [0.25, 0.3) is 0 Å². The molecular weight excluding hydrogens is 314 g/mol. The van der Waals surface area contributed by atoms with Crippen LogP contribution in [0.3, 0.4) is 0 Å². The van der Waals surface area contributed by atoms with E-state index in [1.165, 1.54) is 11.8 Å². The lowest BCUT2D eigenvalue weighted by molar-refractivity contribution is -0.127. The van der Waals surface area contributed by atoms with Crippen LogP contribution in [0, 0.1) is 5.92 Å². The summed E-state index contributed by atoms with van der Waals surface area (Å²) in [6, 6.07) is 0. The number of rotatable bonds is 14. The van der Waals surface area contributed by atoms with Crippen LogP contribution in [0.5, 0.6) is 0 Å². The zero-order chi connectivity index (χ0) is 17.7. The van der Waals surface area contributed by atoms with Crippen LogP contribution in [0.2, 0.25) is 0 Å². The first-order chi connectivity index (χ1) is 10.8. The van der Waals surface area contributed by atoms with E-state index in [1.54, 1.807) is 6.92 Å². The van der Waals surface area contributed by atoms with Crippen molar-refractivity contribution in [2.24, 2.45) is 5.92 Å². The first-order valence-electron chi connectivity index (χ1n) is 8.47. The third-order valence-electron chi connectivity index (χ3n) is 3.62. The summed E-state index contributed by atoms with van der Waals surface area (Å²) in [6.07, 6.45) is 2.79. The van der Waals surface area contributed by atoms with Gasteiger partial charge in [0.05, 0.1) is 24.7 Å². The van der Waals surface area contributed by atoms with Crippen molar-refractivity contribution in [1.29, 1.82) is 0 Å². The van der Waals surface area contributed by atoms with Gasteiger partial charge in [-0.2, -0.15) is 0 Å². The van der Waals surface area contributed by atoms with Crippen molar-refractivity contribution in [3.63, 3.8) is 0 Å². The summed E-state index contributed by atoms with van der Waals surface area (Å²) in [5, 5.41) is 3.50. The Balaban J connectivity index is 3.71. The Bertz CT molecular complexity index is 351. The minimum Gasteiger partial charge on any atom is -0.378 e. The molecule has 5 nitrogen and oxygen atoms in total. The molecule has 136 valence electrons. The first-order valence-corrected chi connectivity index (χ1v) is 9.29. The van der Waals surface area contributed by atoms with Gasteiger partial charge in [-0.1, -0.05) is 39.0 Å². The molecule has 0 saturated carbocycles. The number of ketones is 1. The topological polar surface area (TPSA) is 64.6 Å². The number of thioether (sulfide) groups is 1. The maximum absolute atomic E-state index is 11.6. The first kappa shape index (κ1) is 22.6. The molecule has 0 bridgehead atoms. The van der Waals surface area contributed by atoms with Crippen LogP contribution < -0.4 is 5.32 Å². The van der Waals surface area contributed by atoms with Crippen molar-refractivity contribution >= 4 is 22.7 Å². The molecule has 2 atom stereocenters. The third kappa shape index (κ3) is 11.7. The predicted octanol–water partition coefficient (Wildman–Crippen LogP) is 3.02. The minimum absolute atomic E-state index is 0.0649. The molecule has 0 aromatic heterocycles. The highest BCUT2D eigenvalue weighted by atomic mass is 32.2. The highest BCUT2D eigenvalue weighted by Gasteiger charge is 2.24. The fraction of sp³-hybridized carbons (Fsp3) is 0.882. The number of Topliss-reactive ketones (excluding diaryl/α,β-unsaturated/α-hetero) is 1. The average molecular weight is 348 g/mol. The maximum atomic E-state index is 11.6. The smallest absolute Gasteiger partial charge is 0.187 e. The molecule has 0 aromatic carbocycles. The number of hydrogen-bond acceptors (Lipinski definition) is 6. The van der Waals surface area contributed by atoms with Gasteiger partial charge in [0, 0.05) is 19.4 Å². The third-order valence-corrected chi connectivity index (χ3v) is 4.71. The van der Waals surface area contributed by atoms with E-state index in [2.05, 4.69) is 12.2 Å². The molecular formula is C17H33NO4S. The fourth-order valence-corrected chi connectivity index (χ4v) is 3.23. The van der Waals surface area contributed by atoms with E-state index in [0.717, 1.165) is 19.3 Å². The summed E-state index contributed by atoms with van der Waals surface area (Å²) in [5.41, 5.74) is 0. The van der Waals surface area contributed by atoms with Gasteiger partial charge in [0.15, 0.2) is 10.9 Å². The lowest BCUT2D eigenvalue weighted by Crippen LogP contribution is -2.41. The van der Waals surface area contributed by atoms with Crippen LogP contribution in [0.25, 0.3) is 0 Å². The number of nitrogens with one attached hydrogen (secondary N) is 1. The molecule has 0 aliphatic heterocycles. The van der Waals surface area contributed by atoms with E-state index in [0.29, 0.717) is 26.4 Å². The summed E-state index contributed by atoms with van der Waals surface area (Å²) in [7, 11) is 0. The second-order valence-electron chi connectivity index (χ2n) is 5.94. The molecule has 1 N–H and O–H groups in total. The standard InChI is InChI=1S/C17H33NO4S/c1-6-8-17(5,23-15(4)19)18-9-10-21-11-12-22-13-16(20)14(3)7-2/h14,18H,6-13H2,1-5H3. The quantitative estimate of drug-likeness (QED) is 0.385. The van der Waals surface area contributed by atoms with Crippen molar-refractivity contribution in [1.82, 2.24) is 5.32 Å². The van der Waals surface area contributed by atoms with Crippen molar-refractivity contribution < 1.29 is 19.1 Å². The lowest BCUT2D eigenvalue weighted by atomic mass is 10.1. The monoisotopic (exact) mass is 347 g/mol. The molecule has 2 unspecified atom stereocenters. The Kier molecular flexibility index (Phi) is 12.7. The van der Waals surface area contributed by atoms with E-state index >= 15 is 0 Å². The number of hydrogen-bond donors (Lipinski definition) is 1. The molecule has 0 aliphatic carbocycles. The fourth-order valence-electron chi connectivity index (χ4n) is 2.12. The normalized spacial score (nSPS) is 15.2. The molecule has 0 amide bonds. The highest BCUT2D eigenvalue weighted by Crippen LogP contribution is 2.27. The van der Waals surface area contributed by atoms with Gasteiger partial charge in [-0.15, -0.1) is 0 Å². The highest BCUT2D eigenvalue weighted by molar-refractivity contribution is 8.14. The van der Waals surface area contributed by atoms with Crippen molar-refractivity contribution in [2.45, 2.75) is 58.8 Å². The number of ether oxygens (including phenoxy) is 2. The second kappa shape index (κ2) is 12.9. The van der Waals surface area contributed by atoms with Crippen LogP contribution >= 0.6 is 11.8 Å². The molecule has 0 aliphatic rings. The van der Waals surface area contributed by atoms with Crippen molar-refractivity contribution in [2.75, 3.05) is 33.0 Å². The summed E-state index contributed by atoms with van der Waals surface area (Å²) >= 11 is 1.34. The number of carbonyl (C=O) groups is 2. The van der Waals surface area contributed by atoms with Gasteiger partial charge < -0.3 is 14.8 Å². The van der Waals surface area contributed by atoms with Crippen LogP contribution in [-0.4, -0.2) is 48.7 Å². The molecule has 0 fully saturated rings. The molecule has 0 aromatic rings. The SMILES string of the molecule is CCCC(C)(NCCOCCOCC(=O)C(C)CC)SC(C)=O. The van der Waals surface area contributed by atoms with E-state index in [4.69, 9.17) is 9.47 Å². The molecule has 0 rings (SSSR count). The van der Waals surface area contributed by atoms with Gasteiger partial charge in [-0.3, -0.25) is 9.59 Å². The number of carbonyl (C=O) groups excluding carboxylic acids is 2. The Morgan fingerprint density at radius 1 is 1.17 bits per heavy atom. The zero-order valence-corrected chi connectivity index (χ0v) is 16.1. The van der Waals surface area contributed by atoms with Gasteiger partial charge in [-0.05, 0) is 19.8 Å². The van der Waals surface area contributed by atoms with Crippen LogP contribution in [0.4, 0.5) is 0 Å². The van der Waals surface area contributed by atoms with E-state index in [1.807, 2.05) is 20.8 Å². The average Bonchev–Trinajstić information content (AvgIpc) is 2.48.